The molecular weight excluding hydrogens is 342 g/mol. The zero-order chi connectivity index (χ0) is 19.2. The number of ether oxygens (including phenoxy) is 1. The lowest BCUT2D eigenvalue weighted by Crippen LogP contribution is -2.35. The van der Waals surface area contributed by atoms with Gasteiger partial charge in [-0.05, 0) is 29.3 Å². The molecule has 0 saturated carbocycles. The average molecular weight is 367 g/mol. The van der Waals surface area contributed by atoms with Gasteiger partial charge in [-0.25, -0.2) is 0 Å². The number of pyridine rings is 1. The maximum absolute atomic E-state index is 12.9. The van der Waals surface area contributed by atoms with Crippen LogP contribution >= 0.6 is 0 Å². The number of benzene rings is 1. The first-order chi connectivity index (χ1) is 13.1. The minimum absolute atomic E-state index is 0.0434. The Kier molecular flexibility index (Phi) is 6.06. The third-order valence-electron chi connectivity index (χ3n) is 5.02. The lowest BCUT2D eigenvalue weighted by Gasteiger charge is -2.18. The predicted octanol–water partition coefficient (Wildman–Crippen LogP) is 2.36. The van der Waals surface area contributed by atoms with E-state index in [1.54, 1.807) is 24.4 Å². The maximum atomic E-state index is 12.9. The normalized spacial score (nSPS) is 19.0. The monoisotopic (exact) mass is 367 g/mol. The van der Waals surface area contributed by atoms with E-state index in [4.69, 9.17) is 4.74 Å². The number of nitrogens with zero attached hydrogens (tertiary/aromatic N) is 2. The molecule has 1 aromatic heterocycles. The Morgan fingerprint density at radius 2 is 2.11 bits per heavy atom. The molecule has 2 unspecified atom stereocenters. The van der Waals surface area contributed by atoms with E-state index in [1.165, 1.54) is 0 Å². The van der Waals surface area contributed by atoms with Crippen LogP contribution in [-0.2, 0) is 16.1 Å². The third kappa shape index (κ3) is 4.45. The first-order valence-corrected chi connectivity index (χ1v) is 9.20. The Balaban J connectivity index is 1.78. The molecule has 1 aliphatic rings. The lowest BCUT2D eigenvalue weighted by molar-refractivity contribution is -0.130. The average Bonchev–Trinajstić information content (AvgIpc) is 3.18. The number of carbonyl (C=O) groups excluding carboxylic acids is 2. The second-order valence-electron chi connectivity index (χ2n) is 6.72. The van der Waals surface area contributed by atoms with Crippen LogP contribution in [0.2, 0.25) is 0 Å². The van der Waals surface area contributed by atoms with Gasteiger partial charge in [-0.15, -0.1) is 0 Å². The molecule has 2 heterocycles. The van der Waals surface area contributed by atoms with Gasteiger partial charge in [0, 0.05) is 44.4 Å². The van der Waals surface area contributed by atoms with E-state index >= 15 is 0 Å². The number of carbonyl (C=O) groups is 2. The fourth-order valence-corrected chi connectivity index (χ4v) is 3.53. The number of amides is 2. The molecule has 0 spiro atoms. The second-order valence-corrected chi connectivity index (χ2v) is 6.72. The molecule has 6 nitrogen and oxygen atoms in total. The topological polar surface area (TPSA) is 71.5 Å². The van der Waals surface area contributed by atoms with Crippen molar-refractivity contribution in [1.82, 2.24) is 15.2 Å². The Morgan fingerprint density at radius 3 is 2.81 bits per heavy atom. The number of methoxy groups -OCH3 is 1. The summed E-state index contributed by atoms with van der Waals surface area (Å²) in [5, 5.41) is 3.00. The van der Waals surface area contributed by atoms with E-state index in [0.29, 0.717) is 26.1 Å². The highest BCUT2D eigenvalue weighted by molar-refractivity contribution is 5.83. The summed E-state index contributed by atoms with van der Waals surface area (Å²) in [6, 6.07) is 11.5. The predicted molar refractivity (Wildman–Crippen MR) is 102 cm³/mol. The Morgan fingerprint density at radius 1 is 1.26 bits per heavy atom. The summed E-state index contributed by atoms with van der Waals surface area (Å²) in [5.74, 6) is 0.444. The SMILES string of the molecule is CCC(=O)N1CC(C(=O)NCc2cccnc2)C(c2cccc(OC)c2)C1. The fourth-order valence-electron chi connectivity index (χ4n) is 3.53. The zero-order valence-electron chi connectivity index (χ0n) is 15.7. The molecule has 3 rings (SSSR count). The minimum atomic E-state index is -0.288. The van der Waals surface area contributed by atoms with Crippen molar-refractivity contribution in [1.29, 1.82) is 0 Å². The third-order valence-corrected chi connectivity index (χ3v) is 5.02. The summed E-state index contributed by atoms with van der Waals surface area (Å²) >= 11 is 0. The lowest BCUT2D eigenvalue weighted by atomic mass is 9.88. The Labute approximate surface area is 159 Å². The van der Waals surface area contributed by atoms with Crippen LogP contribution in [0.25, 0.3) is 0 Å². The maximum Gasteiger partial charge on any atom is 0.225 e. The first kappa shape index (κ1) is 18.9. The molecule has 2 amide bonds. The molecule has 2 aromatic rings. The summed E-state index contributed by atoms with van der Waals surface area (Å²) in [6.07, 6.45) is 3.88. The van der Waals surface area contributed by atoms with Crippen LogP contribution in [-0.4, -0.2) is 41.9 Å². The van der Waals surface area contributed by atoms with Gasteiger partial charge in [-0.1, -0.05) is 25.1 Å². The molecule has 142 valence electrons. The minimum Gasteiger partial charge on any atom is -0.497 e. The van der Waals surface area contributed by atoms with Crippen LogP contribution < -0.4 is 10.1 Å². The second kappa shape index (κ2) is 8.66. The molecule has 1 N–H and O–H groups in total. The molecule has 1 aliphatic heterocycles. The molecular formula is C21H25N3O3. The molecule has 6 heteroatoms. The van der Waals surface area contributed by atoms with Gasteiger partial charge in [0.25, 0.3) is 0 Å². The molecule has 2 atom stereocenters. The van der Waals surface area contributed by atoms with Crippen molar-refractivity contribution >= 4 is 11.8 Å². The molecule has 0 radical (unpaired) electrons. The number of hydrogen-bond acceptors (Lipinski definition) is 4. The number of hydrogen-bond donors (Lipinski definition) is 1. The van der Waals surface area contributed by atoms with Crippen LogP contribution in [0.5, 0.6) is 5.75 Å². The van der Waals surface area contributed by atoms with Crippen LogP contribution in [0.15, 0.2) is 48.8 Å². The zero-order valence-corrected chi connectivity index (χ0v) is 15.7. The van der Waals surface area contributed by atoms with Gasteiger partial charge in [-0.2, -0.15) is 0 Å². The molecule has 0 bridgehead atoms. The smallest absolute Gasteiger partial charge is 0.225 e. The van der Waals surface area contributed by atoms with Crippen molar-refractivity contribution in [3.8, 4) is 5.75 Å². The van der Waals surface area contributed by atoms with E-state index in [2.05, 4.69) is 10.3 Å². The van der Waals surface area contributed by atoms with E-state index in [0.717, 1.165) is 16.9 Å². The van der Waals surface area contributed by atoms with Crippen molar-refractivity contribution in [3.05, 3.63) is 59.9 Å². The first-order valence-electron chi connectivity index (χ1n) is 9.20. The van der Waals surface area contributed by atoms with Gasteiger partial charge in [0.05, 0.1) is 13.0 Å². The van der Waals surface area contributed by atoms with Crippen molar-refractivity contribution < 1.29 is 14.3 Å². The summed E-state index contributed by atoms with van der Waals surface area (Å²) in [4.78, 5) is 31.0. The van der Waals surface area contributed by atoms with Crippen molar-refractivity contribution in [2.45, 2.75) is 25.8 Å². The van der Waals surface area contributed by atoms with Gasteiger partial charge in [0.2, 0.25) is 11.8 Å². The largest absolute Gasteiger partial charge is 0.497 e. The molecule has 0 aliphatic carbocycles. The van der Waals surface area contributed by atoms with Crippen molar-refractivity contribution in [3.63, 3.8) is 0 Å². The number of likely N-dealkylation sites (tertiary alicyclic amines) is 1. The summed E-state index contributed by atoms with van der Waals surface area (Å²) in [5.41, 5.74) is 1.96. The summed E-state index contributed by atoms with van der Waals surface area (Å²) < 4.78 is 5.32. The number of nitrogens with one attached hydrogen (secondary N) is 1. The van der Waals surface area contributed by atoms with Crippen LogP contribution in [0.1, 0.15) is 30.4 Å². The van der Waals surface area contributed by atoms with Crippen LogP contribution in [0, 0.1) is 5.92 Å². The Bertz CT molecular complexity index is 794. The highest BCUT2D eigenvalue weighted by Gasteiger charge is 2.39. The van der Waals surface area contributed by atoms with Crippen LogP contribution in [0.3, 0.4) is 0 Å². The highest BCUT2D eigenvalue weighted by Crippen LogP contribution is 2.34. The van der Waals surface area contributed by atoms with E-state index in [-0.39, 0.29) is 23.7 Å². The van der Waals surface area contributed by atoms with Crippen molar-refractivity contribution in [2.75, 3.05) is 20.2 Å². The summed E-state index contributed by atoms with van der Waals surface area (Å²) in [6.45, 7) is 3.26. The van der Waals surface area contributed by atoms with Gasteiger partial charge < -0.3 is 15.0 Å². The molecule has 1 fully saturated rings. The van der Waals surface area contributed by atoms with E-state index in [9.17, 15) is 9.59 Å². The number of rotatable bonds is 6. The number of aromatic nitrogens is 1. The Hall–Kier alpha value is -2.89. The van der Waals surface area contributed by atoms with Gasteiger partial charge in [0.15, 0.2) is 0 Å². The van der Waals surface area contributed by atoms with Gasteiger partial charge >= 0.3 is 0 Å². The highest BCUT2D eigenvalue weighted by atomic mass is 16.5. The van der Waals surface area contributed by atoms with E-state index in [1.807, 2.05) is 43.3 Å². The van der Waals surface area contributed by atoms with Crippen LogP contribution in [0.4, 0.5) is 0 Å². The fraction of sp³-hybridized carbons (Fsp3) is 0.381. The van der Waals surface area contributed by atoms with E-state index < -0.39 is 0 Å². The quantitative estimate of drug-likeness (QED) is 0.851. The van der Waals surface area contributed by atoms with Crippen molar-refractivity contribution in [2.24, 2.45) is 5.92 Å². The van der Waals surface area contributed by atoms with Gasteiger partial charge in [-0.3, -0.25) is 14.6 Å². The summed E-state index contributed by atoms with van der Waals surface area (Å²) in [7, 11) is 1.62. The molecule has 1 aromatic carbocycles. The molecule has 1 saturated heterocycles. The van der Waals surface area contributed by atoms with Gasteiger partial charge in [0.1, 0.15) is 5.75 Å². The molecule has 27 heavy (non-hydrogen) atoms. The standard InChI is InChI=1S/C21H25N3O3/c1-3-20(25)24-13-18(16-7-4-8-17(10-16)27-2)19(14-24)21(26)23-12-15-6-5-9-22-11-15/h4-11,18-19H,3,12-14H2,1-2H3,(H,23,26).